The highest BCUT2D eigenvalue weighted by Crippen LogP contribution is 2.31. The van der Waals surface area contributed by atoms with Gasteiger partial charge in [0.1, 0.15) is 0 Å². The summed E-state index contributed by atoms with van der Waals surface area (Å²) in [6, 6.07) is 4.67. The summed E-state index contributed by atoms with van der Waals surface area (Å²) in [4.78, 5) is 5.83. The number of allylic oxidation sites excluding steroid dienone is 1. The van der Waals surface area contributed by atoms with Crippen molar-refractivity contribution in [3.05, 3.63) is 38.6 Å². The lowest BCUT2D eigenvalue weighted by atomic mass is 10.1. The minimum atomic E-state index is 0.450. The second kappa shape index (κ2) is 5.71. The molecule has 0 saturated heterocycles. The van der Waals surface area contributed by atoms with E-state index in [1.807, 2.05) is 0 Å². The van der Waals surface area contributed by atoms with Gasteiger partial charge in [-0.3, -0.25) is 4.90 Å². The van der Waals surface area contributed by atoms with E-state index in [2.05, 4.69) is 69.4 Å². The number of hydrogen-bond donors (Lipinski definition) is 1. The molecule has 112 valence electrons. The maximum atomic E-state index is 5.51. The van der Waals surface area contributed by atoms with Gasteiger partial charge in [0, 0.05) is 35.7 Å². The molecule has 1 N–H and O–H groups in total. The van der Waals surface area contributed by atoms with Crippen LogP contribution >= 0.6 is 28.1 Å². The minimum absolute atomic E-state index is 0.450. The minimum Gasteiger partial charge on any atom is -0.331 e. The van der Waals surface area contributed by atoms with Crippen LogP contribution in [0.15, 0.2) is 28.3 Å². The van der Waals surface area contributed by atoms with E-state index >= 15 is 0 Å². The molecule has 3 rings (SSSR count). The van der Waals surface area contributed by atoms with E-state index < -0.39 is 0 Å². The van der Waals surface area contributed by atoms with Crippen LogP contribution in [-0.2, 0) is 13.1 Å². The fraction of sp³-hybridized carbons (Fsp3) is 0.438. The molecule has 0 aliphatic carbocycles. The normalized spacial score (nSPS) is 18.8. The van der Waals surface area contributed by atoms with Crippen molar-refractivity contribution in [2.24, 2.45) is 0 Å². The Morgan fingerprint density at radius 1 is 1.48 bits per heavy atom. The van der Waals surface area contributed by atoms with Crippen molar-refractivity contribution >= 4 is 39.2 Å². The van der Waals surface area contributed by atoms with Gasteiger partial charge in [0.05, 0.1) is 11.0 Å². The van der Waals surface area contributed by atoms with Crippen molar-refractivity contribution in [2.45, 2.75) is 39.9 Å². The lowest BCUT2D eigenvalue weighted by Crippen LogP contribution is -2.34. The van der Waals surface area contributed by atoms with Crippen molar-refractivity contribution in [2.75, 3.05) is 6.54 Å². The molecule has 1 atom stereocenters. The molecule has 2 aromatic rings. The van der Waals surface area contributed by atoms with Crippen molar-refractivity contribution in [3.63, 3.8) is 0 Å². The molecule has 0 radical (unpaired) electrons. The highest BCUT2D eigenvalue weighted by molar-refractivity contribution is 9.10. The van der Waals surface area contributed by atoms with Crippen molar-refractivity contribution in [1.82, 2.24) is 14.5 Å². The third-order valence-corrected chi connectivity index (χ3v) is 5.21. The molecule has 1 aliphatic heterocycles. The summed E-state index contributed by atoms with van der Waals surface area (Å²) in [7, 11) is 0. The first-order chi connectivity index (χ1) is 9.97. The Balaban J connectivity index is 2.12. The highest BCUT2D eigenvalue weighted by atomic mass is 79.9. The van der Waals surface area contributed by atoms with Gasteiger partial charge >= 0.3 is 0 Å². The quantitative estimate of drug-likeness (QED) is 0.619. The van der Waals surface area contributed by atoms with E-state index in [0.717, 1.165) is 34.4 Å². The number of nitrogens with zero attached hydrogens (tertiary/aromatic N) is 2. The maximum Gasteiger partial charge on any atom is 0.178 e. The van der Waals surface area contributed by atoms with Gasteiger partial charge in [-0.1, -0.05) is 27.6 Å². The van der Waals surface area contributed by atoms with Crippen LogP contribution < -0.4 is 0 Å². The van der Waals surface area contributed by atoms with Crippen LogP contribution in [-0.4, -0.2) is 27.0 Å². The van der Waals surface area contributed by atoms with Gasteiger partial charge < -0.3 is 9.55 Å². The van der Waals surface area contributed by atoms with Crippen molar-refractivity contribution in [3.8, 4) is 0 Å². The van der Waals surface area contributed by atoms with Gasteiger partial charge in [-0.15, -0.1) is 0 Å². The van der Waals surface area contributed by atoms with Gasteiger partial charge in [-0.25, -0.2) is 0 Å². The standard InChI is InChI=1S/C16H20BrN3S/c1-10(2)6-7-19-9-12-13(17)4-5-14-15(12)20(8-11(19)3)16(21)18-14/h4-6,11H,7-9H2,1-3H3,(H,18,21). The number of aromatic nitrogens is 2. The number of imidazole rings is 1. The van der Waals surface area contributed by atoms with Gasteiger partial charge in [-0.05, 0) is 45.1 Å². The molecule has 0 bridgehead atoms. The monoisotopic (exact) mass is 365 g/mol. The van der Waals surface area contributed by atoms with Gasteiger partial charge in [0.15, 0.2) is 4.77 Å². The van der Waals surface area contributed by atoms with Crippen LogP contribution in [0.25, 0.3) is 11.0 Å². The Morgan fingerprint density at radius 3 is 2.95 bits per heavy atom. The first kappa shape index (κ1) is 15.0. The Morgan fingerprint density at radius 2 is 2.24 bits per heavy atom. The molecule has 21 heavy (non-hydrogen) atoms. The fourth-order valence-corrected chi connectivity index (χ4v) is 3.63. The Labute approximate surface area is 138 Å². The zero-order chi connectivity index (χ0) is 15.1. The molecule has 1 aliphatic rings. The summed E-state index contributed by atoms with van der Waals surface area (Å²) in [5.41, 5.74) is 5.07. The predicted octanol–water partition coefficient (Wildman–Crippen LogP) is 4.63. The summed E-state index contributed by atoms with van der Waals surface area (Å²) < 4.78 is 4.23. The topological polar surface area (TPSA) is 24.0 Å². The largest absolute Gasteiger partial charge is 0.331 e. The average molecular weight is 366 g/mol. The zero-order valence-corrected chi connectivity index (χ0v) is 15.0. The average Bonchev–Trinajstić information content (AvgIpc) is 2.64. The summed E-state index contributed by atoms with van der Waals surface area (Å²) in [5, 5.41) is 0. The van der Waals surface area contributed by atoms with E-state index in [1.54, 1.807) is 0 Å². The molecule has 1 aromatic heterocycles. The lowest BCUT2D eigenvalue weighted by Gasteiger charge is -2.26. The van der Waals surface area contributed by atoms with Crippen molar-refractivity contribution < 1.29 is 0 Å². The van der Waals surface area contributed by atoms with Crippen LogP contribution in [0.3, 0.4) is 0 Å². The van der Waals surface area contributed by atoms with Gasteiger partial charge in [0.2, 0.25) is 0 Å². The molecule has 0 fully saturated rings. The van der Waals surface area contributed by atoms with E-state index in [4.69, 9.17) is 12.2 Å². The fourth-order valence-electron chi connectivity index (χ4n) is 2.91. The molecular formula is C16H20BrN3S. The first-order valence-corrected chi connectivity index (χ1v) is 8.45. The lowest BCUT2D eigenvalue weighted by molar-refractivity contribution is 0.210. The van der Waals surface area contributed by atoms with Crippen LogP contribution in [0.5, 0.6) is 0 Å². The molecule has 2 heterocycles. The van der Waals surface area contributed by atoms with E-state index in [1.165, 1.54) is 16.7 Å². The zero-order valence-electron chi connectivity index (χ0n) is 12.6. The summed E-state index contributed by atoms with van der Waals surface area (Å²) >= 11 is 9.22. The molecular weight excluding hydrogens is 346 g/mol. The van der Waals surface area contributed by atoms with E-state index in [-0.39, 0.29) is 0 Å². The maximum absolute atomic E-state index is 5.51. The second-order valence-electron chi connectivity index (χ2n) is 6.02. The molecule has 0 spiro atoms. The van der Waals surface area contributed by atoms with Crippen LogP contribution in [0.4, 0.5) is 0 Å². The molecule has 1 unspecified atom stereocenters. The van der Waals surface area contributed by atoms with E-state index in [9.17, 15) is 0 Å². The van der Waals surface area contributed by atoms with E-state index in [0.29, 0.717) is 6.04 Å². The number of aromatic amines is 1. The Hall–Kier alpha value is -0.910. The third kappa shape index (κ3) is 2.74. The molecule has 5 heteroatoms. The second-order valence-corrected chi connectivity index (χ2v) is 7.26. The summed E-state index contributed by atoms with van der Waals surface area (Å²) in [6.45, 7) is 9.43. The Kier molecular flexibility index (Phi) is 4.08. The van der Waals surface area contributed by atoms with Crippen LogP contribution in [0, 0.1) is 4.77 Å². The molecule has 0 amide bonds. The van der Waals surface area contributed by atoms with Crippen LogP contribution in [0.2, 0.25) is 0 Å². The molecule has 3 nitrogen and oxygen atoms in total. The Bertz CT molecular complexity index is 768. The number of H-pyrrole nitrogens is 1. The smallest absolute Gasteiger partial charge is 0.178 e. The number of halogens is 1. The number of benzene rings is 1. The molecule has 0 saturated carbocycles. The predicted molar refractivity (Wildman–Crippen MR) is 94.1 cm³/mol. The number of nitrogens with one attached hydrogen (secondary N) is 1. The number of rotatable bonds is 2. The first-order valence-electron chi connectivity index (χ1n) is 7.24. The number of hydrogen-bond acceptors (Lipinski definition) is 2. The van der Waals surface area contributed by atoms with Gasteiger partial charge in [-0.2, -0.15) is 0 Å². The molecule has 1 aromatic carbocycles. The summed E-state index contributed by atoms with van der Waals surface area (Å²) in [5.74, 6) is 0. The van der Waals surface area contributed by atoms with Gasteiger partial charge in [0.25, 0.3) is 0 Å². The third-order valence-electron chi connectivity index (χ3n) is 4.15. The summed E-state index contributed by atoms with van der Waals surface area (Å²) in [6.07, 6.45) is 2.30. The SMILES string of the molecule is CC(C)=CCN1Cc2c(Br)ccc3[nH]c(=S)n(c23)CC1C. The highest BCUT2D eigenvalue weighted by Gasteiger charge is 2.23. The van der Waals surface area contributed by atoms with Crippen molar-refractivity contribution in [1.29, 1.82) is 0 Å². The van der Waals surface area contributed by atoms with Crippen LogP contribution in [0.1, 0.15) is 26.3 Å².